The van der Waals surface area contributed by atoms with Crippen LogP contribution in [-0.2, 0) is 11.3 Å². The number of carbonyl (C=O) groups is 1. The molecule has 0 aliphatic rings. The fourth-order valence-corrected chi connectivity index (χ4v) is 2.69. The summed E-state index contributed by atoms with van der Waals surface area (Å²) in [4.78, 5) is 15.5. The van der Waals surface area contributed by atoms with Crippen LogP contribution < -0.4 is 0 Å². The lowest BCUT2D eigenvalue weighted by Crippen LogP contribution is -1.99. The lowest BCUT2D eigenvalue weighted by Gasteiger charge is -2.05. The molecule has 24 heavy (non-hydrogen) atoms. The molecule has 0 amide bonds. The maximum absolute atomic E-state index is 11.1. The van der Waals surface area contributed by atoms with Crippen LogP contribution in [-0.4, -0.2) is 20.6 Å². The van der Waals surface area contributed by atoms with Gasteiger partial charge in [0.15, 0.2) is 0 Å². The van der Waals surface area contributed by atoms with Gasteiger partial charge in [0.05, 0.1) is 0 Å². The fourth-order valence-electron chi connectivity index (χ4n) is 2.69. The highest BCUT2D eigenvalue weighted by molar-refractivity contribution is 5.99. The lowest BCUT2D eigenvalue weighted by molar-refractivity contribution is -0.132. The molecular weight excluding hydrogens is 302 g/mol. The Hall–Kier alpha value is -3.39. The topological polar surface area (TPSA) is 78.9 Å². The second-order valence-corrected chi connectivity index (χ2v) is 5.55. The van der Waals surface area contributed by atoms with E-state index in [0.717, 1.165) is 16.6 Å². The van der Waals surface area contributed by atoms with Crippen LogP contribution in [0.15, 0.2) is 54.4 Å². The molecule has 5 heteroatoms. The number of fused-ring (bicyclic) bond motifs is 1. The number of carboxylic acid groups (broad SMARTS) is 1. The Morgan fingerprint density at radius 3 is 2.92 bits per heavy atom. The van der Waals surface area contributed by atoms with Crippen molar-refractivity contribution in [1.29, 1.82) is 5.26 Å². The van der Waals surface area contributed by atoms with Gasteiger partial charge in [-0.15, -0.1) is 0 Å². The predicted molar refractivity (Wildman–Crippen MR) is 91.2 cm³/mol. The first kappa shape index (κ1) is 15.5. The van der Waals surface area contributed by atoms with Crippen LogP contribution in [0, 0.1) is 18.3 Å². The number of nitriles is 1. The van der Waals surface area contributed by atoms with Crippen molar-refractivity contribution in [3.63, 3.8) is 0 Å². The summed E-state index contributed by atoms with van der Waals surface area (Å²) < 4.78 is 1.97. The van der Waals surface area contributed by atoms with Crippen molar-refractivity contribution >= 4 is 23.1 Å². The van der Waals surface area contributed by atoms with Gasteiger partial charge in [-0.25, -0.2) is 9.78 Å². The molecule has 5 nitrogen and oxygen atoms in total. The smallest absolute Gasteiger partial charge is 0.346 e. The molecule has 2 heterocycles. The van der Waals surface area contributed by atoms with E-state index in [0.29, 0.717) is 12.1 Å². The molecular formula is C19H15N3O2. The largest absolute Gasteiger partial charge is 0.477 e. The Morgan fingerprint density at radius 2 is 2.21 bits per heavy atom. The van der Waals surface area contributed by atoms with Gasteiger partial charge in [-0.2, -0.15) is 5.26 Å². The first-order valence-electron chi connectivity index (χ1n) is 7.43. The first-order valence-corrected chi connectivity index (χ1v) is 7.43. The molecule has 0 saturated carbocycles. The molecule has 0 fully saturated rings. The van der Waals surface area contributed by atoms with E-state index in [2.05, 4.69) is 11.1 Å². The lowest BCUT2D eigenvalue weighted by atomic mass is 10.1. The van der Waals surface area contributed by atoms with Gasteiger partial charge in [-0.3, -0.25) is 0 Å². The number of nitrogens with zero attached hydrogens (tertiary/aromatic N) is 3. The van der Waals surface area contributed by atoms with Gasteiger partial charge in [0.2, 0.25) is 0 Å². The zero-order valence-electron chi connectivity index (χ0n) is 13.1. The summed E-state index contributed by atoms with van der Waals surface area (Å²) in [6, 6.07) is 13.6. The number of rotatable bonds is 4. The molecule has 118 valence electrons. The van der Waals surface area contributed by atoms with Gasteiger partial charge < -0.3 is 9.67 Å². The van der Waals surface area contributed by atoms with E-state index in [9.17, 15) is 4.79 Å². The summed E-state index contributed by atoms with van der Waals surface area (Å²) in [5, 5.41) is 18.9. The summed E-state index contributed by atoms with van der Waals surface area (Å²) >= 11 is 0. The van der Waals surface area contributed by atoms with Gasteiger partial charge in [0.25, 0.3) is 0 Å². The monoisotopic (exact) mass is 317 g/mol. The van der Waals surface area contributed by atoms with Crippen LogP contribution in [0.3, 0.4) is 0 Å². The van der Waals surface area contributed by atoms with E-state index < -0.39 is 5.97 Å². The standard InChI is InChI=1S/C19H15N3O2/c1-13-4-2-5-14(8-13)11-22-12-16(9-15(10-20)19(23)24)17-6-3-7-21-18(17)22/h2-9,12H,11H2,1H3,(H,23,24)/b15-9+. The SMILES string of the molecule is Cc1cccc(Cn2cc(/C=C(\C#N)C(=O)O)c3cccnc32)c1. The number of aryl methyl sites for hydroxylation is 1. The van der Waals surface area contributed by atoms with Crippen molar-refractivity contribution in [1.82, 2.24) is 9.55 Å². The number of aromatic nitrogens is 2. The second kappa shape index (κ2) is 6.39. The number of pyridine rings is 1. The highest BCUT2D eigenvalue weighted by Gasteiger charge is 2.12. The fraction of sp³-hybridized carbons (Fsp3) is 0.105. The molecule has 0 radical (unpaired) electrons. The van der Waals surface area contributed by atoms with Gasteiger partial charge in [0.1, 0.15) is 17.3 Å². The summed E-state index contributed by atoms with van der Waals surface area (Å²) in [6.45, 7) is 2.66. The molecule has 0 aliphatic carbocycles. The predicted octanol–water partition coefficient (Wildman–Crippen LogP) is 3.38. The summed E-state index contributed by atoms with van der Waals surface area (Å²) in [5.74, 6) is -1.24. The third-order valence-corrected chi connectivity index (χ3v) is 3.75. The number of hydrogen-bond acceptors (Lipinski definition) is 3. The van der Waals surface area contributed by atoms with Crippen LogP contribution >= 0.6 is 0 Å². The Kier molecular flexibility index (Phi) is 4.13. The molecule has 0 unspecified atom stereocenters. The highest BCUT2D eigenvalue weighted by Crippen LogP contribution is 2.23. The zero-order valence-corrected chi connectivity index (χ0v) is 13.1. The molecule has 0 aliphatic heterocycles. The van der Waals surface area contributed by atoms with Crippen LogP contribution in [0.1, 0.15) is 16.7 Å². The zero-order chi connectivity index (χ0) is 17.1. The van der Waals surface area contributed by atoms with Crippen molar-refractivity contribution < 1.29 is 9.90 Å². The number of hydrogen-bond donors (Lipinski definition) is 1. The molecule has 2 aromatic heterocycles. The van der Waals surface area contributed by atoms with Crippen LogP contribution in [0.5, 0.6) is 0 Å². The Labute approximate surface area is 139 Å². The molecule has 0 atom stereocenters. The Bertz CT molecular complexity index is 993. The highest BCUT2D eigenvalue weighted by atomic mass is 16.4. The van der Waals surface area contributed by atoms with Crippen LogP contribution in [0.25, 0.3) is 17.1 Å². The summed E-state index contributed by atoms with van der Waals surface area (Å²) in [7, 11) is 0. The first-order chi connectivity index (χ1) is 11.6. The quantitative estimate of drug-likeness (QED) is 0.591. The molecule has 3 aromatic rings. The normalized spacial score (nSPS) is 11.4. The second-order valence-electron chi connectivity index (χ2n) is 5.55. The number of aliphatic carboxylic acids is 1. The van der Waals surface area contributed by atoms with Crippen molar-refractivity contribution in [3.8, 4) is 6.07 Å². The van der Waals surface area contributed by atoms with Crippen LogP contribution in [0.2, 0.25) is 0 Å². The van der Waals surface area contributed by atoms with E-state index in [4.69, 9.17) is 10.4 Å². The van der Waals surface area contributed by atoms with Crippen molar-refractivity contribution in [2.75, 3.05) is 0 Å². The molecule has 1 aromatic carbocycles. The molecule has 0 spiro atoms. The molecule has 3 rings (SSSR count). The van der Waals surface area contributed by atoms with E-state index in [1.165, 1.54) is 11.6 Å². The number of benzene rings is 1. The van der Waals surface area contributed by atoms with Gasteiger partial charge in [0, 0.05) is 29.9 Å². The minimum Gasteiger partial charge on any atom is -0.477 e. The third kappa shape index (κ3) is 3.03. The van der Waals surface area contributed by atoms with Gasteiger partial charge in [-0.1, -0.05) is 29.8 Å². The van der Waals surface area contributed by atoms with Gasteiger partial charge in [-0.05, 0) is 30.7 Å². The van der Waals surface area contributed by atoms with Crippen molar-refractivity contribution in [3.05, 3.63) is 71.1 Å². The maximum Gasteiger partial charge on any atom is 0.346 e. The minimum absolute atomic E-state index is 0.298. The van der Waals surface area contributed by atoms with E-state index in [1.54, 1.807) is 18.3 Å². The maximum atomic E-state index is 11.1. The van der Waals surface area contributed by atoms with E-state index >= 15 is 0 Å². The Morgan fingerprint density at radius 1 is 1.38 bits per heavy atom. The molecule has 1 N–H and O–H groups in total. The average molecular weight is 317 g/mol. The molecule has 0 bridgehead atoms. The van der Waals surface area contributed by atoms with Crippen molar-refractivity contribution in [2.45, 2.75) is 13.5 Å². The van der Waals surface area contributed by atoms with Crippen molar-refractivity contribution in [2.24, 2.45) is 0 Å². The van der Waals surface area contributed by atoms with E-state index in [1.807, 2.05) is 42.0 Å². The average Bonchev–Trinajstić information content (AvgIpc) is 2.90. The van der Waals surface area contributed by atoms with Gasteiger partial charge >= 0.3 is 5.97 Å². The summed E-state index contributed by atoms with van der Waals surface area (Å²) in [6.07, 6.45) is 4.92. The summed E-state index contributed by atoms with van der Waals surface area (Å²) in [5.41, 5.74) is 3.44. The minimum atomic E-state index is -1.24. The third-order valence-electron chi connectivity index (χ3n) is 3.75. The Balaban J connectivity index is 2.10. The van der Waals surface area contributed by atoms with Crippen LogP contribution in [0.4, 0.5) is 0 Å². The number of carboxylic acids is 1. The van der Waals surface area contributed by atoms with E-state index in [-0.39, 0.29) is 5.57 Å². The molecule has 0 saturated heterocycles.